The molecule has 8 heavy (non-hydrogen) atoms. The molecule has 0 aliphatic heterocycles. The zero-order valence-electron chi connectivity index (χ0n) is 5.98. The van der Waals surface area contributed by atoms with E-state index in [1.165, 1.54) is 12.8 Å². The van der Waals surface area contributed by atoms with E-state index in [4.69, 9.17) is 9.84 Å². The van der Waals surface area contributed by atoms with Crippen LogP contribution >= 0.6 is 0 Å². The van der Waals surface area contributed by atoms with Gasteiger partial charge in [0.05, 0.1) is 0 Å². The molecule has 0 heterocycles. The number of ether oxygens (including phenoxy) is 1. The van der Waals surface area contributed by atoms with Crippen LogP contribution in [-0.2, 0) is 4.74 Å². The molecule has 0 radical (unpaired) electrons. The Kier molecular flexibility index (Phi) is 21.3. The maximum absolute atomic E-state index is 7.00. The molecule has 0 saturated heterocycles. The second kappa shape index (κ2) is 15.8. The molecule has 0 aromatic rings. The highest BCUT2D eigenvalue weighted by atomic mass is 16.5. The molecule has 0 bridgehead atoms. The molecule has 0 unspecified atom stereocenters. The minimum Gasteiger partial charge on any atom is -0.400 e. The Labute approximate surface area is 51.5 Å². The fraction of sp³-hybridized carbons (Fsp3) is 1.00. The molecule has 0 aromatic heterocycles. The van der Waals surface area contributed by atoms with Crippen LogP contribution in [0.1, 0.15) is 19.8 Å². The number of unbranched alkanes of at least 4 members (excludes halogenated alkanes) is 1. The monoisotopic (exact) mass is 120 g/mol. The van der Waals surface area contributed by atoms with Crippen LogP contribution in [0.5, 0.6) is 0 Å². The molecule has 0 aromatic carbocycles. The molecule has 0 spiro atoms. The van der Waals surface area contributed by atoms with Gasteiger partial charge in [0.1, 0.15) is 0 Å². The summed E-state index contributed by atoms with van der Waals surface area (Å²) in [5.74, 6) is 0. The third kappa shape index (κ3) is 16.8. The zero-order valence-corrected chi connectivity index (χ0v) is 5.98. The van der Waals surface area contributed by atoms with Crippen molar-refractivity contribution in [1.29, 1.82) is 0 Å². The summed E-state index contributed by atoms with van der Waals surface area (Å²) in [5.41, 5.74) is 0. The van der Waals surface area contributed by atoms with Crippen molar-refractivity contribution in [2.75, 3.05) is 20.8 Å². The lowest BCUT2D eigenvalue weighted by molar-refractivity contribution is 0.194. The van der Waals surface area contributed by atoms with E-state index in [2.05, 4.69) is 6.92 Å². The van der Waals surface area contributed by atoms with E-state index >= 15 is 0 Å². The van der Waals surface area contributed by atoms with Crippen LogP contribution in [0.25, 0.3) is 0 Å². The smallest absolute Gasteiger partial charge is 0.0462 e. The molecule has 0 amide bonds. The lowest BCUT2D eigenvalue weighted by Crippen LogP contribution is -1.84. The molecular formula is C6H16O2. The van der Waals surface area contributed by atoms with E-state index in [0.29, 0.717) is 0 Å². The standard InChI is InChI=1S/C5H12O.CH4O/c1-3-4-5-6-2;1-2/h3-5H2,1-2H3;2H,1H3. The molecule has 2 heteroatoms. The number of rotatable bonds is 3. The molecule has 0 rings (SSSR count). The predicted octanol–water partition coefficient (Wildman–Crippen LogP) is 1.04. The average molecular weight is 120 g/mol. The summed E-state index contributed by atoms with van der Waals surface area (Å²) in [5, 5.41) is 7.00. The Morgan fingerprint density at radius 2 is 1.88 bits per heavy atom. The van der Waals surface area contributed by atoms with Crippen molar-refractivity contribution in [3.05, 3.63) is 0 Å². The quantitative estimate of drug-likeness (QED) is 0.564. The van der Waals surface area contributed by atoms with Gasteiger partial charge in [0.15, 0.2) is 0 Å². The molecule has 0 atom stereocenters. The van der Waals surface area contributed by atoms with Crippen molar-refractivity contribution in [2.24, 2.45) is 0 Å². The Morgan fingerprint density at radius 3 is 2.00 bits per heavy atom. The van der Waals surface area contributed by atoms with Gasteiger partial charge < -0.3 is 9.84 Å². The summed E-state index contributed by atoms with van der Waals surface area (Å²) < 4.78 is 4.78. The van der Waals surface area contributed by atoms with Crippen LogP contribution in [0.15, 0.2) is 0 Å². The predicted molar refractivity (Wildman–Crippen MR) is 34.9 cm³/mol. The number of hydrogen-bond acceptors (Lipinski definition) is 2. The molecule has 0 saturated carbocycles. The van der Waals surface area contributed by atoms with Gasteiger partial charge in [-0.15, -0.1) is 0 Å². The Hall–Kier alpha value is -0.0800. The van der Waals surface area contributed by atoms with E-state index in [0.717, 1.165) is 13.7 Å². The minimum atomic E-state index is 0.913. The van der Waals surface area contributed by atoms with Crippen LogP contribution in [0.4, 0.5) is 0 Å². The van der Waals surface area contributed by atoms with Crippen molar-refractivity contribution in [3.8, 4) is 0 Å². The van der Waals surface area contributed by atoms with Gasteiger partial charge in [-0.2, -0.15) is 0 Å². The van der Waals surface area contributed by atoms with Gasteiger partial charge in [-0.25, -0.2) is 0 Å². The van der Waals surface area contributed by atoms with E-state index in [9.17, 15) is 0 Å². The van der Waals surface area contributed by atoms with Crippen LogP contribution < -0.4 is 0 Å². The fourth-order valence-electron chi connectivity index (χ4n) is 0.289. The summed E-state index contributed by atoms with van der Waals surface area (Å²) in [7, 11) is 2.73. The van der Waals surface area contributed by atoms with Crippen LogP contribution in [0.2, 0.25) is 0 Å². The van der Waals surface area contributed by atoms with E-state index < -0.39 is 0 Å². The molecular weight excluding hydrogens is 104 g/mol. The van der Waals surface area contributed by atoms with Gasteiger partial charge in [0.25, 0.3) is 0 Å². The zero-order chi connectivity index (χ0) is 6.83. The Morgan fingerprint density at radius 1 is 1.38 bits per heavy atom. The van der Waals surface area contributed by atoms with Crippen LogP contribution in [0.3, 0.4) is 0 Å². The lowest BCUT2D eigenvalue weighted by Gasteiger charge is -1.89. The lowest BCUT2D eigenvalue weighted by atomic mass is 10.4. The fourth-order valence-corrected chi connectivity index (χ4v) is 0.289. The number of methoxy groups -OCH3 is 1. The maximum atomic E-state index is 7.00. The first-order valence-corrected chi connectivity index (χ1v) is 2.85. The van der Waals surface area contributed by atoms with Gasteiger partial charge in [-0.1, -0.05) is 13.3 Å². The second-order valence-electron chi connectivity index (χ2n) is 1.35. The second-order valence-corrected chi connectivity index (χ2v) is 1.35. The summed E-state index contributed by atoms with van der Waals surface area (Å²) in [6.45, 7) is 3.07. The molecule has 0 fully saturated rings. The van der Waals surface area contributed by atoms with Crippen molar-refractivity contribution in [3.63, 3.8) is 0 Å². The van der Waals surface area contributed by atoms with Gasteiger partial charge in [-0.05, 0) is 6.42 Å². The van der Waals surface area contributed by atoms with Crippen LogP contribution in [0, 0.1) is 0 Å². The first-order chi connectivity index (χ1) is 3.91. The summed E-state index contributed by atoms with van der Waals surface area (Å²) >= 11 is 0. The molecule has 52 valence electrons. The summed E-state index contributed by atoms with van der Waals surface area (Å²) in [4.78, 5) is 0. The first-order valence-electron chi connectivity index (χ1n) is 2.85. The molecule has 2 nitrogen and oxygen atoms in total. The number of aliphatic hydroxyl groups excluding tert-OH is 1. The Bertz CT molecular complexity index is 18.5. The molecule has 0 aliphatic rings. The van der Waals surface area contributed by atoms with Gasteiger partial charge in [-0.3, -0.25) is 0 Å². The van der Waals surface area contributed by atoms with Crippen LogP contribution in [-0.4, -0.2) is 25.9 Å². The first kappa shape index (κ1) is 10.8. The summed E-state index contributed by atoms with van der Waals surface area (Å²) in [6, 6.07) is 0. The van der Waals surface area contributed by atoms with Crippen molar-refractivity contribution in [1.82, 2.24) is 0 Å². The normalized spacial score (nSPS) is 7.50. The summed E-state index contributed by atoms with van der Waals surface area (Å²) in [6.07, 6.45) is 2.42. The molecule has 1 N–H and O–H groups in total. The third-order valence-corrected chi connectivity index (χ3v) is 0.702. The number of hydrogen-bond donors (Lipinski definition) is 1. The SMILES string of the molecule is CCCCOC.CO. The van der Waals surface area contributed by atoms with E-state index in [1.54, 1.807) is 7.11 Å². The largest absolute Gasteiger partial charge is 0.400 e. The third-order valence-electron chi connectivity index (χ3n) is 0.702. The highest BCUT2D eigenvalue weighted by Gasteiger charge is 1.74. The van der Waals surface area contributed by atoms with Crippen molar-refractivity contribution in [2.45, 2.75) is 19.8 Å². The highest BCUT2D eigenvalue weighted by Crippen LogP contribution is 1.83. The van der Waals surface area contributed by atoms with Crippen molar-refractivity contribution < 1.29 is 9.84 Å². The molecule has 0 aliphatic carbocycles. The number of aliphatic hydroxyl groups is 1. The maximum Gasteiger partial charge on any atom is 0.0462 e. The van der Waals surface area contributed by atoms with E-state index in [1.807, 2.05) is 0 Å². The van der Waals surface area contributed by atoms with Gasteiger partial charge in [0.2, 0.25) is 0 Å². The van der Waals surface area contributed by atoms with Gasteiger partial charge in [0, 0.05) is 20.8 Å². The topological polar surface area (TPSA) is 29.5 Å². The van der Waals surface area contributed by atoms with Gasteiger partial charge >= 0.3 is 0 Å². The highest BCUT2D eigenvalue weighted by molar-refractivity contribution is 4.26. The van der Waals surface area contributed by atoms with E-state index in [-0.39, 0.29) is 0 Å². The Balaban J connectivity index is 0. The minimum absolute atomic E-state index is 0.913. The average Bonchev–Trinajstić information content (AvgIpc) is 1.88. The van der Waals surface area contributed by atoms with Crippen molar-refractivity contribution >= 4 is 0 Å².